The fraction of sp³-hybridized carbons (Fsp3) is 0.238. The number of benzene rings is 2. The molecule has 6 heteroatoms. The molecular weight excluding hydrogens is 410 g/mol. The first-order chi connectivity index (χ1) is 12.9. The van der Waals surface area contributed by atoms with Crippen LogP contribution in [0, 0.1) is 11.3 Å². The number of halogens is 1. The lowest BCUT2D eigenvalue weighted by atomic mass is 10.0. The molecule has 0 aliphatic carbocycles. The van der Waals surface area contributed by atoms with Gasteiger partial charge in [-0.25, -0.2) is 4.79 Å². The standard InChI is InChI=1S/C21H20BrNO4/c1-4-13(2)27-20-18(22)10-14(11-19(20)26-3)9-17(12-23)15-5-7-16(8-6-15)21(24)25/h5-11,13H,4H2,1-3H3,(H,24,25)/b17-9-/t13-/m0/s1. The predicted molar refractivity (Wildman–Crippen MR) is 108 cm³/mol. The van der Waals surface area contributed by atoms with Crippen LogP contribution < -0.4 is 9.47 Å². The average Bonchev–Trinajstić information content (AvgIpc) is 2.67. The van der Waals surface area contributed by atoms with E-state index in [0.717, 1.165) is 16.5 Å². The van der Waals surface area contributed by atoms with E-state index in [9.17, 15) is 10.1 Å². The molecule has 1 N–H and O–H groups in total. The monoisotopic (exact) mass is 429 g/mol. The molecule has 0 aliphatic heterocycles. The molecule has 0 bridgehead atoms. The van der Waals surface area contributed by atoms with Gasteiger partial charge in [-0.05, 0) is 70.7 Å². The summed E-state index contributed by atoms with van der Waals surface area (Å²) in [7, 11) is 1.56. The maximum atomic E-state index is 11.0. The number of ether oxygens (including phenoxy) is 2. The van der Waals surface area contributed by atoms with Gasteiger partial charge in [0, 0.05) is 0 Å². The van der Waals surface area contributed by atoms with Crippen molar-refractivity contribution in [2.45, 2.75) is 26.4 Å². The molecule has 0 spiro atoms. The fourth-order valence-corrected chi connectivity index (χ4v) is 2.91. The summed E-state index contributed by atoms with van der Waals surface area (Å²) in [4.78, 5) is 11.0. The maximum absolute atomic E-state index is 11.0. The fourth-order valence-electron chi connectivity index (χ4n) is 2.36. The van der Waals surface area contributed by atoms with Crippen LogP contribution in [0.3, 0.4) is 0 Å². The van der Waals surface area contributed by atoms with Gasteiger partial charge in [0.1, 0.15) is 0 Å². The van der Waals surface area contributed by atoms with Gasteiger partial charge in [-0.2, -0.15) is 5.26 Å². The van der Waals surface area contributed by atoms with E-state index in [1.165, 1.54) is 12.1 Å². The number of carboxylic acid groups (broad SMARTS) is 1. The van der Waals surface area contributed by atoms with Crippen LogP contribution in [-0.2, 0) is 0 Å². The Labute approximate surface area is 167 Å². The number of nitrogens with zero attached hydrogens (tertiary/aromatic N) is 1. The molecule has 2 rings (SSSR count). The molecule has 140 valence electrons. The first-order valence-electron chi connectivity index (χ1n) is 8.39. The van der Waals surface area contributed by atoms with Gasteiger partial charge >= 0.3 is 5.97 Å². The number of nitriles is 1. The number of carbonyl (C=O) groups is 1. The van der Waals surface area contributed by atoms with Gasteiger partial charge in [0.15, 0.2) is 11.5 Å². The van der Waals surface area contributed by atoms with Crippen LogP contribution in [0.2, 0.25) is 0 Å². The van der Waals surface area contributed by atoms with E-state index in [0.29, 0.717) is 22.6 Å². The number of aromatic carboxylic acids is 1. The molecular formula is C21H20BrNO4. The van der Waals surface area contributed by atoms with E-state index < -0.39 is 5.97 Å². The molecule has 0 aromatic heterocycles. The van der Waals surface area contributed by atoms with Crippen molar-refractivity contribution >= 4 is 33.5 Å². The average molecular weight is 430 g/mol. The van der Waals surface area contributed by atoms with Crippen molar-refractivity contribution in [1.82, 2.24) is 0 Å². The number of carboxylic acids is 1. The Morgan fingerprint density at radius 2 is 1.93 bits per heavy atom. The molecule has 0 fully saturated rings. The molecule has 27 heavy (non-hydrogen) atoms. The van der Waals surface area contributed by atoms with Crippen molar-refractivity contribution in [2.75, 3.05) is 7.11 Å². The summed E-state index contributed by atoms with van der Waals surface area (Å²) in [6, 6.07) is 12.0. The minimum absolute atomic E-state index is 0.0408. The third-order valence-electron chi connectivity index (χ3n) is 4.02. The largest absolute Gasteiger partial charge is 0.493 e. The second-order valence-corrected chi connectivity index (χ2v) is 6.78. The highest BCUT2D eigenvalue weighted by molar-refractivity contribution is 9.10. The van der Waals surface area contributed by atoms with Crippen LogP contribution in [0.25, 0.3) is 11.6 Å². The molecule has 2 aromatic rings. The SMILES string of the molecule is CC[C@H](C)Oc1c(Br)cc(/C=C(/C#N)c2ccc(C(=O)O)cc2)cc1OC. The molecule has 0 saturated carbocycles. The molecule has 1 atom stereocenters. The zero-order valence-corrected chi connectivity index (χ0v) is 16.9. The summed E-state index contributed by atoms with van der Waals surface area (Å²) < 4.78 is 12.1. The van der Waals surface area contributed by atoms with Crippen molar-refractivity contribution in [2.24, 2.45) is 0 Å². The molecule has 0 aliphatic rings. The number of rotatable bonds is 7. The van der Waals surface area contributed by atoms with Gasteiger partial charge in [0.25, 0.3) is 0 Å². The van der Waals surface area contributed by atoms with Gasteiger partial charge in [-0.1, -0.05) is 19.1 Å². The van der Waals surface area contributed by atoms with E-state index >= 15 is 0 Å². The van der Waals surface area contributed by atoms with Crippen LogP contribution in [0.1, 0.15) is 41.8 Å². The van der Waals surface area contributed by atoms with Crippen LogP contribution in [0.15, 0.2) is 40.9 Å². The highest BCUT2D eigenvalue weighted by atomic mass is 79.9. The first-order valence-corrected chi connectivity index (χ1v) is 9.18. The van der Waals surface area contributed by atoms with Gasteiger partial charge in [0.2, 0.25) is 0 Å². The van der Waals surface area contributed by atoms with E-state index in [2.05, 4.69) is 22.0 Å². The summed E-state index contributed by atoms with van der Waals surface area (Å²) in [5, 5.41) is 18.5. The lowest BCUT2D eigenvalue weighted by Crippen LogP contribution is -2.11. The van der Waals surface area contributed by atoms with Crippen LogP contribution in [-0.4, -0.2) is 24.3 Å². The minimum Gasteiger partial charge on any atom is -0.493 e. The van der Waals surface area contributed by atoms with Gasteiger partial charge in [-0.3, -0.25) is 0 Å². The maximum Gasteiger partial charge on any atom is 0.335 e. The van der Waals surface area contributed by atoms with Crippen LogP contribution >= 0.6 is 15.9 Å². The Morgan fingerprint density at radius 3 is 2.44 bits per heavy atom. The smallest absolute Gasteiger partial charge is 0.335 e. The van der Waals surface area contributed by atoms with Crippen LogP contribution in [0.5, 0.6) is 11.5 Å². The normalized spacial score (nSPS) is 12.2. The summed E-state index contributed by atoms with van der Waals surface area (Å²) in [5.41, 5.74) is 1.98. The Bertz CT molecular complexity index is 898. The van der Waals surface area contributed by atoms with Crippen LogP contribution in [0.4, 0.5) is 0 Å². The molecule has 0 heterocycles. The second-order valence-electron chi connectivity index (χ2n) is 5.92. The van der Waals surface area contributed by atoms with Crippen molar-refractivity contribution in [3.8, 4) is 17.6 Å². The third kappa shape index (κ3) is 5.11. The number of allylic oxidation sites excluding steroid dienone is 1. The molecule has 0 amide bonds. The summed E-state index contributed by atoms with van der Waals surface area (Å²) in [6.07, 6.45) is 2.62. The molecule has 2 aromatic carbocycles. The van der Waals surface area contributed by atoms with Crippen molar-refractivity contribution in [1.29, 1.82) is 5.26 Å². The zero-order valence-electron chi connectivity index (χ0n) is 15.3. The molecule has 0 unspecified atom stereocenters. The highest BCUT2D eigenvalue weighted by Gasteiger charge is 2.14. The van der Waals surface area contributed by atoms with E-state index in [4.69, 9.17) is 14.6 Å². The number of methoxy groups -OCH3 is 1. The minimum atomic E-state index is -1.00. The number of hydrogen-bond donors (Lipinski definition) is 1. The quantitative estimate of drug-likeness (QED) is 0.470. The summed E-state index contributed by atoms with van der Waals surface area (Å²) in [6.45, 7) is 4.02. The van der Waals surface area contributed by atoms with Crippen molar-refractivity contribution < 1.29 is 19.4 Å². The van der Waals surface area contributed by atoms with Gasteiger partial charge in [0.05, 0.1) is 34.9 Å². The van der Waals surface area contributed by atoms with E-state index in [1.54, 1.807) is 31.4 Å². The van der Waals surface area contributed by atoms with Gasteiger partial charge < -0.3 is 14.6 Å². The van der Waals surface area contributed by atoms with Crippen molar-refractivity contribution in [3.05, 3.63) is 57.6 Å². The Balaban J connectivity index is 2.42. The molecule has 0 radical (unpaired) electrons. The number of hydrogen-bond acceptors (Lipinski definition) is 4. The van der Waals surface area contributed by atoms with E-state index in [1.807, 2.05) is 19.9 Å². The lowest BCUT2D eigenvalue weighted by Gasteiger charge is -2.17. The van der Waals surface area contributed by atoms with E-state index in [-0.39, 0.29) is 11.7 Å². The highest BCUT2D eigenvalue weighted by Crippen LogP contribution is 2.38. The Morgan fingerprint density at radius 1 is 1.30 bits per heavy atom. The Kier molecular flexibility index (Phi) is 7.03. The molecule has 0 saturated heterocycles. The summed E-state index contributed by atoms with van der Waals surface area (Å²) in [5.74, 6) is 0.178. The Hall–Kier alpha value is -2.78. The predicted octanol–water partition coefficient (Wildman–Crippen LogP) is 5.40. The van der Waals surface area contributed by atoms with Gasteiger partial charge in [-0.15, -0.1) is 0 Å². The zero-order chi connectivity index (χ0) is 20.0. The van der Waals surface area contributed by atoms with Crippen molar-refractivity contribution in [3.63, 3.8) is 0 Å². The second kappa shape index (κ2) is 9.24. The topological polar surface area (TPSA) is 79.5 Å². The first kappa shape index (κ1) is 20.5. The third-order valence-corrected chi connectivity index (χ3v) is 4.61. The summed E-state index contributed by atoms with van der Waals surface area (Å²) >= 11 is 3.51. The lowest BCUT2D eigenvalue weighted by molar-refractivity contribution is 0.0697. The molecule has 5 nitrogen and oxygen atoms in total.